The normalized spacial score (nSPS) is 18.0. The molecule has 0 aromatic carbocycles. The van der Waals surface area contributed by atoms with Crippen molar-refractivity contribution in [2.75, 3.05) is 19.6 Å². The molecule has 1 atom stereocenters. The molecule has 1 saturated carbocycles. The van der Waals surface area contributed by atoms with Gasteiger partial charge in [0.25, 0.3) is 0 Å². The average Bonchev–Trinajstić information content (AvgIpc) is 3.25. The summed E-state index contributed by atoms with van der Waals surface area (Å²) >= 11 is 0. The first-order valence-electron chi connectivity index (χ1n) is 8.66. The third-order valence-electron chi connectivity index (χ3n) is 5.28. The van der Waals surface area contributed by atoms with E-state index in [9.17, 15) is 0 Å². The summed E-state index contributed by atoms with van der Waals surface area (Å²) in [7, 11) is 0. The molecule has 1 aliphatic carbocycles. The average molecular weight is 268 g/mol. The van der Waals surface area contributed by atoms with E-state index in [4.69, 9.17) is 0 Å². The van der Waals surface area contributed by atoms with E-state index < -0.39 is 0 Å². The van der Waals surface area contributed by atoms with E-state index in [0.717, 1.165) is 12.5 Å². The van der Waals surface area contributed by atoms with Crippen LogP contribution in [0.1, 0.15) is 73.1 Å². The van der Waals surface area contributed by atoms with E-state index >= 15 is 0 Å². The standard InChI is InChI=1S/C17H36N2/c1-6-17(7-2,19(9-4)10-5)16(18-8-3)14-13-15-11-12-15/h15-16,18H,6-14H2,1-5H3. The highest BCUT2D eigenvalue weighted by Crippen LogP contribution is 2.37. The molecule has 0 amide bonds. The summed E-state index contributed by atoms with van der Waals surface area (Å²) in [5, 5.41) is 3.82. The largest absolute Gasteiger partial charge is 0.312 e. The van der Waals surface area contributed by atoms with Crippen molar-refractivity contribution >= 4 is 0 Å². The molecule has 1 N–H and O–H groups in total. The molecule has 0 bridgehead atoms. The monoisotopic (exact) mass is 268 g/mol. The van der Waals surface area contributed by atoms with Crippen LogP contribution in [0.5, 0.6) is 0 Å². The number of hydrogen-bond acceptors (Lipinski definition) is 2. The third kappa shape index (κ3) is 4.19. The molecular weight excluding hydrogens is 232 g/mol. The zero-order valence-electron chi connectivity index (χ0n) is 14.0. The van der Waals surface area contributed by atoms with Crippen LogP contribution < -0.4 is 5.32 Å². The Morgan fingerprint density at radius 1 is 1.05 bits per heavy atom. The van der Waals surface area contributed by atoms with Crippen LogP contribution in [0.2, 0.25) is 0 Å². The first-order chi connectivity index (χ1) is 9.18. The summed E-state index contributed by atoms with van der Waals surface area (Å²) in [4.78, 5) is 2.70. The molecule has 114 valence electrons. The SMILES string of the molecule is CCNC(CCC1CC1)C(CC)(CC)N(CC)CC. The number of nitrogens with zero attached hydrogens (tertiary/aromatic N) is 1. The quantitative estimate of drug-likeness (QED) is 0.608. The number of nitrogens with one attached hydrogen (secondary N) is 1. The van der Waals surface area contributed by atoms with Gasteiger partial charge in [0.2, 0.25) is 0 Å². The van der Waals surface area contributed by atoms with Gasteiger partial charge in [0.1, 0.15) is 0 Å². The van der Waals surface area contributed by atoms with E-state index in [1.807, 2.05) is 0 Å². The highest BCUT2D eigenvalue weighted by atomic mass is 15.2. The molecule has 0 radical (unpaired) electrons. The molecule has 0 spiro atoms. The Balaban J connectivity index is 2.80. The van der Waals surface area contributed by atoms with Gasteiger partial charge in [-0.25, -0.2) is 0 Å². The van der Waals surface area contributed by atoms with Crippen LogP contribution in [0.3, 0.4) is 0 Å². The van der Waals surface area contributed by atoms with Gasteiger partial charge in [0.15, 0.2) is 0 Å². The first-order valence-corrected chi connectivity index (χ1v) is 8.66. The highest BCUT2D eigenvalue weighted by molar-refractivity contribution is 4.99. The highest BCUT2D eigenvalue weighted by Gasteiger charge is 2.39. The van der Waals surface area contributed by atoms with E-state index in [1.54, 1.807) is 0 Å². The number of likely N-dealkylation sites (N-methyl/N-ethyl adjacent to an activating group) is 2. The molecule has 0 saturated heterocycles. The van der Waals surface area contributed by atoms with Gasteiger partial charge in [-0.3, -0.25) is 4.90 Å². The Morgan fingerprint density at radius 2 is 1.63 bits per heavy atom. The zero-order valence-corrected chi connectivity index (χ0v) is 14.0. The second kappa shape index (κ2) is 8.26. The Kier molecular flexibility index (Phi) is 7.38. The molecule has 1 rings (SSSR count). The summed E-state index contributed by atoms with van der Waals surface area (Å²) in [5.41, 5.74) is 0.356. The van der Waals surface area contributed by atoms with E-state index in [2.05, 4.69) is 44.8 Å². The summed E-state index contributed by atoms with van der Waals surface area (Å²) in [6, 6.07) is 0.660. The van der Waals surface area contributed by atoms with Gasteiger partial charge in [-0.2, -0.15) is 0 Å². The van der Waals surface area contributed by atoms with Crippen LogP contribution in [-0.2, 0) is 0 Å². The van der Waals surface area contributed by atoms with Gasteiger partial charge in [0, 0.05) is 11.6 Å². The molecule has 0 aliphatic heterocycles. The van der Waals surface area contributed by atoms with Gasteiger partial charge >= 0.3 is 0 Å². The van der Waals surface area contributed by atoms with Crippen LogP contribution in [0.15, 0.2) is 0 Å². The number of rotatable bonds is 11. The van der Waals surface area contributed by atoms with Crippen LogP contribution in [0.25, 0.3) is 0 Å². The summed E-state index contributed by atoms with van der Waals surface area (Å²) in [5.74, 6) is 1.05. The Bertz CT molecular complexity index is 227. The fraction of sp³-hybridized carbons (Fsp3) is 1.00. The van der Waals surface area contributed by atoms with Gasteiger partial charge < -0.3 is 5.32 Å². The van der Waals surface area contributed by atoms with Crippen molar-refractivity contribution in [1.29, 1.82) is 0 Å². The zero-order chi connectivity index (χ0) is 14.3. The minimum absolute atomic E-state index is 0.356. The van der Waals surface area contributed by atoms with Gasteiger partial charge in [-0.15, -0.1) is 0 Å². The Morgan fingerprint density at radius 3 is 2.00 bits per heavy atom. The predicted octanol–water partition coefficient (Wildman–Crippen LogP) is 4.06. The second-order valence-electron chi connectivity index (χ2n) is 6.11. The molecule has 1 unspecified atom stereocenters. The van der Waals surface area contributed by atoms with Crippen LogP contribution >= 0.6 is 0 Å². The lowest BCUT2D eigenvalue weighted by Crippen LogP contribution is -2.60. The lowest BCUT2D eigenvalue weighted by atomic mass is 9.79. The minimum atomic E-state index is 0.356. The van der Waals surface area contributed by atoms with Crippen molar-refractivity contribution in [3.63, 3.8) is 0 Å². The maximum absolute atomic E-state index is 3.82. The molecule has 2 nitrogen and oxygen atoms in total. The van der Waals surface area contributed by atoms with Crippen LogP contribution in [0.4, 0.5) is 0 Å². The molecule has 19 heavy (non-hydrogen) atoms. The lowest BCUT2D eigenvalue weighted by molar-refractivity contribution is 0.0454. The van der Waals surface area contributed by atoms with Crippen molar-refractivity contribution in [3.05, 3.63) is 0 Å². The maximum Gasteiger partial charge on any atom is 0.0357 e. The van der Waals surface area contributed by atoms with E-state index in [0.29, 0.717) is 11.6 Å². The van der Waals surface area contributed by atoms with Crippen molar-refractivity contribution in [2.24, 2.45) is 5.92 Å². The smallest absolute Gasteiger partial charge is 0.0357 e. The molecule has 2 heteroatoms. The van der Waals surface area contributed by atoms with E-state index in [1.165, 1.54) is 51.6 Å². The summed E-state index contributed by atoms with van der Waals surface area (Å²) in [6.07, 6.45) is 8.27. The fourth-order valence-corrected chi connectivity index (χ4v) is 3.88. The maximum atomic E-state index is 3.82. The number of hydrogen-bond donors (Lipinski definition) is 1. The predicted molar refractivity (Wildman–Crippen MR) is 85.7 cm³/mol. The summed E-state index contributed by atoms with van der Waals surface area (Å²) < 4.78 is 0. The first kappa shape index (κ1) is 17.0. The van der Waals surface area contributed by atoms with Gasteiger partial charge in [-0.1, -0.05) is 47.5 Å². The van der Waals surface area contributed by atoms with Crippen LogP contribution in [-0.4, -0.2) is 36.1 Å². The molecule has 1 aliphatic rings. The van der Waals surface area contributed by atoms with Gasteiger partial charge in [0.05, 0.1) is 0 Å². The molecule has 0 heterocycles. The van der Waals surface area contributed by atoms with Crippen molar-refractivity contribution in [3.8, 4) is 0 Å². The van der Waals surface area contributed by atoms with Crippen molar-refractivity contribution in [1.82, 2.24) is 10.2 Å². The molecular formula is C17H36N2. The van der Waals surface area contributed by atoms with E-state index in [-0.39, 0.29) is 0 Å². The lowest BCUT2D eigenvalue weighted by Gasteiger charge is -2.48. The van der Waals surface area contributed by atoms with Crippen molar-refractivity contribution < 1.29 is 0 Å². The van der Waals surface area contributed by atoms with Gasteiger partial charge in [-0.05, 0) is 51.2 Å². The Hall–Kier alpha value is -0.0800. The summed E-state index contributed by atoms with van der Waals surface area (Å²) in [6.45, 7) is 15.1. The minimum Gasteiger partial charge on any atom is -0.312 e. The Labute approximate surface area is 121 Å². The molecule has 0 aromatic rings. The fourth-order valence-electron chi connectivity index (χ4n) is 3.88. The van der Waals surface area contributed by atoms with Crippen molar-refractivity contribution in [2.45, 2.75) is 84.7 Å². The van der Waals surface area contributed by atoms with Crippen LogP contribution in [0, 0.1) is 5.92 Å². The molecule has 0 aromatic heterocycles. The third-order valence-corrected chi connectivity index (χ3v) is 5.28. The second-order valence-corrected chi connectivity index (χ2v) is 6.11. The molecule has 1 fully saturated rings. The topological polar surface area (TPSA) is 15.3 Å².